The first kappa shape index (κ1) is 19.6. The van der Waals surface area contributed by atoms with Crippen LogP contribution in [-0.4, -0.2) is 21.1 Å². The maximum Gasteiger partial charge on any atom is 0.355 e. The summed E-state index contributed by atoms with van der Waals surface area (Å²) in [6.45, 7) is 9.22. The second-order valence-corrected chi connectivity index (χ2v) is 7.83. The molecule has 6 heteroatoms. The van der Waals surface area contributed by atoms with E-state index in [0.29, 0.717) is 6.61 Å². The minimum Gasteiger partial charge on any atom is -0.493 e. The van der Waals surface area contributed by atoms with E-state index in [9.17, 15) is 4.79 Å². The molecule has 2 heterocycles. The molecule has 0 bridgehead atoms. The van der Waals surface area contributed by atoms with Crippen LogP contribution in [0, 0.1) is 12.3 Å². The van der Waals surface area contributed by atoms with Gasteiger partial charge in [-0.1, -0.05) is 26.8 Å². The number of benzene rings is 1. The lowest BCUT2D eigenvalue weighted by Gasteiger charge is -2.20. The summed E-state index contributed by atoms with van der Waals surface area (Å²) in [6.07, 6.45) is 3.36. The van der Waals surface area contributed by atoms with E-state index in [-0.39, 0.29) is 17.9 Å². The summed E-state index contributed by atoms with van der Waals surface area (Å²) < 4.78 is 12.9. The van der Waals surface area contributed by atoms with Gasteiger partial charge in [-0.3, -0.25) is 9.55 Å². The molecule has 0 unspecified atom stereocenters. The van der Waals surface area contributed by atoms with E-state index in [1.165, 1.54) is 4.57 Å². The molecule has 28 heavy (non-hydrogen) atoms. The Morgan fingerprint density at radius 1 is 1.07 bits per heavy atom. The monoisotopic (exact) mass is 379 g/mol. The normalized spacial score (nSPS) is 11.3. The topological polar surface area (TPSA) is 66.2 Å². The number of aromatic nitrogens is 3. The van der Waals surface area contributed by atoms with Crippen LogP contribution in [0.1, 0.15) is 32.0 Å². The van der Waals surface area contributed by atoms with Gasteiger partial charge in [0.25, 0.3) is 0 Å². The zero-order chi connectivity index (χ0) is 20.1. The Hall–Kier alpha value is -3.15. The van der Waals surface area contributed by atoms with Crippen molar-refractivity contribution in [2.24, 2.45) is 5.41 Å². The van der Waals surface area contributed by atoms with Gasteiger partial charge >= 0.3 is 5.69 Å². The minimum absolute atomic E-state index is 0.0804. The van der Waals surface area contributed by atoms with Crippen LogP contribution in [0.25, 0.3) is 5.69 Å². The van der Waals surface area contributed by atoms with Crippen LogP contribution in [0.15, 0.2) is 59.7 Å². The maximum atomic E-state index is 12.4. The summed E-state index contributed by atoms with van der Waals surface area (Å²) in [7, 11) is 0. The Morgan fingerprint density at radius 3 is 2.54 bits per heavy atom. The van der Waals surface area contributed by atoms with Crippen molar-refractivity contribution in [3.8, 4) is 17.3 Å². The van der Waals surface area contributed by atoms with E-state index in [4.69, 9.17) is 9.47 Å². The van der Waals surface area contributed by atoms with Gasteiger partial charge in [0, 0.05) is 18.5 Å². The molecule has 2 aromatic heterocycles. The van der Waals surface area contributed by atoms with E-state index in [1.807, 2.05) is 43.3 Å². The minimum atomic E-state index is -0.402. The fraction of sp³-hybridized carbons (Fsp3) is 0.318. The van der Waals surface area contributed by atoms with Crippen LogP contribution in [0.3, 0.4) is 0 Å². The summed E-state index contributed by atoms with van der Waals surface area (Å²) in [5.74, 6) is 1.09. The highest BCUT2D eigenvalue weighted by atomic mass is 16.5. The first-order chi connectivity index (χ1) is 13.3. The van der Waals surface area contributed by atoms with Crippen LogP contribution in [0.2, 0.25) is 0 Å². The van der Waals surface area contributed by atoms with Gasteiger partial charge in [0.1, 0.15) is 12.4 Å². The molecule has 0 aliphatic rings. The lowest BCUT2D eigenvalue weighted by atomic mass is 9.98. The van der Waals surface area contributed by atoms with E-state index >= 15 is 0 Å². The molecule has 1 aromatic carbocycles. The van der Waals surface area contributed by atoms with Crippen molar-refractivity contribution in [2.45, 2.75) is 34.3 Å². The number of rotatable bonds is 6. The van der Waals surface area contributed by atoms with Crippen LogP contribution in [0.4, 0.5) is 0 Å². The lowest BCUT2D eigenvalue weighted by molar-refractivity contribution is 0.197. The molecule has 6 nitrogen and oxygen atoms in total. The van der Waals surface area contributed by atoms with Gasteiger partial charge in [-0.25, -0.2) is 4.79 Å². The number of pyridine rings is 1. The number of ether oxygens (including phenoxy) is 2. The second kappa shape index (κ2) is 8.25. The smallest absolute Gasteiger partial charge is 0.355 e. The van der Waals surface area contributed by atoms with Gasteiger partial charge in [0.2, 0.25) is 5.88 Å². The Bertz CT molecular complexity index is 992. The van der Waals surface area contributed by atoms with Crippen molar-refractivity contribution in [2.75, 3.05) is 6.61 Å². The fourth-order valence-electron chi connectivity index (χ4n) is 2.54. The SMILES string of the molecule is Cc1cc(-n2ccc(OCc3ccccn3)nc2=O)ccc1OCC(C)(C)C. The molecule has 3 rings (SSSR count). The molecule has 0 aliphatic heterocycles. The van der Waals surface area contributed by atoms with E-state index in [0.717, 1.165) is 22.7 Å². The predicted molar refractivity (Wildman–Crippen MR) is 108 cm³/mol. The van der Waals surface area contributed by atoms with E-state index in [1.54, 1.807) is 18.5 Å². The van der Waals surface area contributed by atoms with E-state index < -0.39 is 5.69 Å². The zero-order valence-corrected chi connectivity index (χ0v) is 16.7. The first-order valence-electron chi connectivity index (χ1n) is 9.18. The number of hydrogen-bond donors (Lipinski definition) is 0. The molecule has 0 spiro atoms. The van der Waals surface area contributed by atoms with Gasteiger partial charge in [0.15, 0.2) is 0 Å². The molecule has 0 radical (unpaired) electrons. The first-order valence-corrected chi connectivity index (χ1v) is 9.18. The summed E-state index contributed by atoms with van der Waals surface area (Å²) >= 11 is 0. The summed E-state index contributed by atoms with van der Waals surface area (Å²) in [4.78, 5) is 20.6. The van der Waals surface area contributed by atoms with Gasteiger partial charge in [-0.2, -0.15) is 4.98 Å². The van der Waals surface area contributed by atoms with Gasteiger partial charge in [-0.05, 0) is 48.2 Å². The molecule has 0 saturated carbocycles. The molecule has 0 aliphatic carbocycles. The van der Waals surface area contributed by atoms with Crippen LogP contribution >= 0.6 is 0 Å². The maximum absolute atomic E-state index is 12.4. The van der Waals surface area contributed by atoms with Gasteiger partial charge in [0.05, 0.1) is 18.0 Å². The second-order valence-electron chi connectivity index (χ2n) is 7.83. The summed E-state index contributed by atoms with van der Waals surface area (Å²) in [6, 6.07) is 12.9. The molecule has 146 valence electrons. The van der Waals surface area contributed by atoms with Crippen LogP contribution in [0.5, 0.6) is 11.6 Å². The molecular formula is C22H25N3O3. The molecule has 0 N–H and O–H groups in total. The molecular weight excluding hydrogens is 354 g/mol. The third kappa shape index (κ3) is 5.19. The third-order valence-corrected chi connectivity index (χ3v) is 3.97. The zero-order valence-electron chi connectivity index (χ0n) is 16.7. The molecule has 0 atom stereocenters. The van der Waals surface area contributed by atoms with Crippen molar-refractivity contribution in [1.82, 2.24) is 14.5 Å². The van der Waals surface area contributed by atoms with Crippen molar-refractivity contribution in [1.29, 1.82) is 0 Å². The van der Waals surface area contributed by atoms with Gasteiger partial charge < -0.3 is 9.47 Å². The summed E-state index contributed by atoms with van der Waals surface area (Å²) in [5.41, 5.74) is 2.15. The number of nitrogens with zero attached hydrogens (tertiary/aromatic N) is 3. The molecule has 3 aromatic rings. The quantitative estimate of drug-likeness (QED) is 0.649. The van der Waals surface area contributed by atoms with Crippen molar-refractivity contribution < 1.29 is 9.47 Å². The molecule has 0 saturated heterocycles. The fourth-order valence-corrected chi connectivity index (χ4v) is 2.54. The lowest BCUT2D eigenvalue weighted by Crippen LogP contribution is -2.21. The van der Waals surface area contributed by atoms with Crippen molar-refractivity contribution in [3.63, 3.8) is 0 Å². The Morgan fingerprint density at radius 2 is 1.89 bits per heavy atom. The number of hydrogen-bond acceptors (Lipinski definition) is 5. The third-order valence-electron chi connectivity index (χ3n) is 3.97. The van der Waals surface area contributed by atoms with Crippen molar-refractivity contribution >= 4 is 0 Å². The predicted octanol–water partition coefficient (Wildman–Crippen LogP) is 3.94. The average Bonchev–Trinajstić information content (AvgIpc) is 2.65. The largest absolute Gasteiger partial charge is 0.493 e. The number of aryl methyl sites for hydroxylation is 1. The highest BCUT2D eigenvalue weighted by molar-refractivity contribution is 5.43. The average molecular weight is 379 g/mol. The van der Waals surface area contributed by atoms with Crippen LogP contribution < -0.4 is 15.2 Å². The molecule has 0 amide bonds. The standard InChI is InChI=1S/C22H25N3O3/c1-16-13-18(8-9-19(16)28-15-22(2,3)4)25-12-10-20(24-21(25)26)27-14-17-7-5-6-11-23-17/h5-13H,14-15H2,1-4H3. The van der Waals surface area contributed by atoms with E-state index in [2.05, 4.69) is 30.7 Å². The Balaban J connectivity index is 1.73. The highest BCUT2D eigenvalue weighted by Gasteiger charge is 2.13. The Labute approximate surface area is 164 Å². The molecule has 0 fully saturated rings. The van der Waals surface area contributed by atoms with Crippen molar-refractivity contribution in [3.05, 3.63) is 76.6 Å². The Kier molecular flexibility index (Phi) is 5.78. The van der Waals surface area contributed by atoms with Crippen LogP contribution in [-0.2, 0) is 6.61 Å². The summed E-state index contributed by atoms with van der Waals surface area (Å²) in [5, 5.41) is 0. The highest BCUT2D eigenvalue weighted by Crippen LogP contribution is 2.23. The van der Waals surface area contributed by atoms with Gasteiger partial charge in [-0.15, -0.1) is 0 Å².